The highest BCUT2D eigenvalue weighted by atomic mass is 16.5. The van der Waals surface area contributed by atoms with Crippen molar-refractivity contribution in [3.05, 3.63) is 76.4 Å². The minimum absolute atomic E-state index is 0.0206. The van der Waals surface area contributed by atoms with Crippen LogP contribution in [0.3, 0.4) is 0 Å². The number of aliphatic hydroxyl groups is 2. The topological polar surface area (TPSA) is 70.0 Å². The highest BCUT2D eigenvalue weighted by molar-refractivity contribution is 6.10. The summed E-state index contributed by atoms with van der Waals surface area (Å²) < 4.78 is 5.31. The molecule has 0 aromatic heterocycles. The quantitative estimate of drug-likeness (QED) is 0.323. The number of methoxy groups -OCH3 is 1. The van der Waals surface area contributed by atoms with E-state index in [0.717, 1.165) is 49.8 Å². The SMILES string of the molecule is CCCN(C)CC1(O)CCC2c3ccc(cc3C(=O)c3ccc(OC)cc3)CC(O)CCC(C)=CCCC21C. The summed E-state index contributed by atoms with van der Waals surface area (Å²) in [6, 6.07) is 13.5. The van der Waals surface area contributed by atoms with Gasteiger partial charge in [0.2, 0.25) is 0 Å². The van der Waals surface area contributed by atoms with Crippen LogP contribution in [0.1, 0.15) is 98.7 Å². The van der Waals surface area contributed by atoms with Gasteiger partial charge >= 0.3 is 0 Å². The fourth-order valence-corrected chi connectivity index (χ4v) is 7.00. The average Bonchev–Trinajstić information content (AvgIpc) is 3.16. The first-order valence-corrected chi connectivity index (χ1v) is 14.7. The minimum atomic E-state index is -0.851. The van der Waals surface area contributed by atoms with Crippen LogP contribution in [0.4, 0.5) is 0 Å². The maximum Gasteiger partial charge on any atom is 0.193 e. The van der Waals surface area contributed by atoms with Crippen molar-refractivity contribution in [2.45, 2.75) is 89.8 Å². The maximum absolute atomic E-state index is 14.1. The molecule has 4 atom stereocenters. The van der Waals surface area contributed by atoms with Crippen LogP contribution in [0.2, 0.25) is 0 Å². The van der Waals surface area contributed by atoms with Gasteiger partial charge in [0.1, 0.15) is 5.75 Å². The van der Waals surface area contributed by atoms with E-state index in [0.29, 0.717) is 42.7 Å². The van der Waals surface area contributed by atoms with E-state index in [-0.39, 0.29) is 11.7 Å². The highest BCUT2D eigenvalue weighted by Crippen LogP contribution is 2.58. The molecular weight excluding hydrogens is 486 g/mol. The second kappa shape index (κ2) is 12.4. The van der Waals surface area contributed by atoms with Crippen LogP contribution in [0.25, 0.3) is 0 Å². The zero-order valence-electron chi connectivity index (χ0n) is 24.5. The Hall–Kier alpha value is -2.47. The number of carbonyl (C=O) groups excluding carboxylic acids is 1. The summed E-state index contributed by atoms with van der Waals surface area (Å²) in [5, 5.41) is 23.1. The number of likely N-dealkylation sites (N-methyl/N-ethyl adjacent to an activating group) is 1. The van der Waals surface area contributed by atoms with E-state index >= 15 is 0 Å². The van der Waals surface area contributed by atoms with Crippen molar-refractivity contribution in [1.29, 1.82) is 0 Å². The maximum atomic E-state index is 14.1. The number of rotatable bonds is 7. The van der Waals surface area contributed by atoms with Crippen LogP contribution < -0.4 is 4.74 Å². The van der Waals surface area contributed by atoms with Gasteiger partial charge in [-0.25, -0.2) is 0 Å². The van der Waals surface area contributed by atoms with Crippen LogP contribution >= 0.6 is 0 Å². The Morgan fingerprint density at radius 3 is 2.56 bits per heavy atom. The smallest absolute Gasteiger partial charge is 0.193 e. The largest absolute Gasteiger partial charge is 0.497 e. The lowest BCUT2D eigenvalue weighted by atomic mass is 9.64. The third kappa shape index (κ3) is 6.32. The average molecular weight is 534 g/mol. The number of nitrogens with zero attached hydrogens (tertiary/aromatic N) is 1. The number of ketones is 1. The molecular formula is C34H47NO4. The van der Waals surface area contributed by atoms with Crippen LogP contribution in [0, 0.1) is 5.41 Å². The molecule has 3 aliphatic rings. The molecule has 5 nitrogen and oxygen atoms in total. The molecule has 0 radical (unpaired) electrons. The van der Waals surface area contributed by atoms with Gasteiger partial charge in [-0.15, -0.1) is 0 Å². The molecule has 2 aromatic carbocycles. The van der Waals surface area contributed by atoms with Gasteiger partial charge in [0.25, 0.3) is 0 Å². The van der Waals surface area contributed by atoms with Gasteiger partial charge in [-0.1, -0.05) is 37.6 Å². The van der Waals surface area contributed by atoms with Crippen molar-refractivity contribution in [3.8, 4) is 5.75 Å². The monoisotopic (exact) mass is 533 g/mol. The number of aliphatic hydroxyl groups excluding tert-OH is 1. The number of carbonyl (C=O) groups is 1. The van der Waals surface area contributed by atoms with Gasteiger partial charge in [-0.05, 0) is 119 Å². The minimum Gasteiger partial charge on any atom is -0.497 e. The van der Waals surface area contributed by atoms with E-state index in [1.807, 2.05) is 30.3 Å². The lowest BCUT2D eigenvalue weighted by Crippen LogP contribution is -2.51. The molecule has 0 spiro atoms. The van der Waals surface area contributed by atoms with Crippen molar-refractivity contribution < 1.29 is 19.7 Å². The van der Waals surface area contributed by atoms with Crippen LogP contribution in [0.15, 0.2) is 54.1 Å². The van der Waals surface area contributed by atoms with Crippen LogP contribution in [-0.2, 0) is 6.42 Å². The highest BCUT2D eigenvalue weighted by Gasteiger charge is 2.57. The van der Waals surface area contributed by atoms with Gasteiger partial charge in [0, 0.05) is 23.1 Å². The van der Waals surface area contributed by atoms with Crippen LogP contribution in [-0.4, -0.2) is 59.8 Å². The molecule has 3 aliphatic carbocycles. The molecule has 0 amide bonds. The molecule has 39 heavy (non-hydrogen) atoms. The molecule has 5 heteroatoms. The molecule has 0 heterocycles. The fourth-order valence-electron chi connectivity index (χ4n) is 7.00. The van der Waals surface area contributed by atoms with Crippen molar-refractivity contribution in [1.82, 2.24) is 4.90 Å². The van der Waals surface area contributed by atoms with Gasteiger partial charge in [-0.3, -0.25) is 4.79 Å². The van der Waals surface area contributed by atoms with E-state index in [1.54, 1.807) is 7.11 Å². The summed E-state index contributed by atoms with van der Waals surface area (Å²) in [5.74, 6) is 0.740. The Kier molecular flexibility index (Phi) is 9.36. The Labute approximate surface area is 234 Å². The molecule has 2 bridgehead atoms. The third-order valence-electron chi connectivity index (χ3n) is 9.41. The van der Waals surface area contributed by atoms with Crippen molar-refractivity contribution in [3.63, 3.8) is 0 Å². The van der Waals surface area contributed by atoms with E-state index in [2.05, 4.69) is 50.9 Å². The summed E-state index contributed by atoms with van der Waals surface area (Å²) in [5.41, 5.74) is 3.34. The molecule has 4 unspecified atom stereocenters. The summed E-state index contributed by atoms with van der Waals surface area (Å²) in [6.45, 7) is 8.14. The first-order valence-electron chi connectivity index (χ1n) is 14.7. The summed E-state index contributed by atoms with van der Waals surface area (Å²) in [4.78, 5) is 16.3. The lowest BCUT2D eigenvalue weighted by molar-refractivity contribution is -0.0799. The molecule has 2 aromatic rings. The normalized spacial score (nSPS) is 27.6. The predicted octanol–water partition coefficient (Wildman–Crippen LogP) is 6.31. The zero-order chi connectivity index (χ0) is 28.2. The van der Waals surface area contributed by atoms with Gasteiger partial charge in [-0.2, -0.15) is 0 Å². The van der Waals surface area contributed by atoms with Gasteiger partial charge in [0.15, 0.2) is 5.78 Å². The number of ether oxygens (including phenoxy) is 1. The zero-order valence-corrected chi connectivity index (χ0v) is 24.5. The van der Waals surface area contributed by atoms with Gasteiger partial charge in [0.05, 0.1) is 18.8 Å². The lowest BCUT2D eigenvalue weighted by Gasteiger charge is -2.45. The fraction of sp³-hybridized carbons (Fsp3) is 0.559. The molecule has 0 saturated heterocycles. The summed E-state index contributed by atoms with van der Waals surface area (Å²) in [6.07, 6.45) is 8.19. The molecule has 5 rings (SSSR count). The second-order valence-electron chi connectivity index (χ2n) is 12.2. The Morgan fingerprint density at radius 2 is 1.87 bits per heavy atom. The number of hydrogen-bond acceptors (Lipinski definition) is 5. The number of allylic oxidation sites excluding steroid dienone is 2. The summed E-state index contributed by atoms with van der Waals surface area (Å²) in [7, 11) is 3.72. The molecule has 0 aliphatic heterocycles. The van der Waals surface area contributed by atoms with Crippen molar-refractivity contribution in [2.75, 3.05) is 27.2 Å². The second-order valence-corrected chi connectivity index (χ2v) is 12.2. The van der Waals surface area contributed by atoms with E-state index in [4.69, 9.17) is 4.74 Å². The Bertz CT molecular complexity index is 1170. The number of fused-ring (bicyclic) bond motifs is 8. The molecule has 1 fully saturated rings. The summed E-state index contributed by atoms with van der Waals surface area (Å²) >= 11 is 0. The first-order chi connectivity index (χ1) is 18.6. The standard InChI is InChI=1S/C34H47NO4/c1-6-20-35(4)23-34(38)19-17-31-29-16-10-25(21-27(36)13-9-24(2)8-7-18-33(31,34)3)22-30(29)32(37)26-11-14-28(39-5)15-12-26/h8,10-12,14-16,22,27,31,36,38H,6-7,9,13,17-21,23H2,1-5H3. The van der Waals surface area contributed by atoms with Crippen molar-refractivity contribution in [2.24, 2.45) is 5.41 Å². The van der Waals surface area contributed by atoms with E-state index in [1.165, 1.54) is 5.57 Å². The number of benzene rings is 2. The van der Waals surface area contributed by atoms with E-state index < -0.39 is 17.1 Å². The van der Waals surface area contributed by atoms with E-state index in [9.17, 15) is 15.0 Å². The predicted molar refractivity (Wildman–Crippen MR) is 158 cm³/mol. The molecule has 212 valence electrons. The van der Waals surface area contributed by atoms with Crippen LogP contribution in [0.5, 0.6) is 5.75 Å². The molecule has 2 N–H and O–H groups in total. The third-order valence-corrected chi connectivity index (χ3v) is 9.41. The number of hydrogen-bond donors (Lipinski definition) is 2. The Balaban J connectivity index is 1.82. The Morgan fingerprint density at radius 1 is 1.13 bits per heavy atom. The van der Waals surface area contributed by atoms with Gasteiger partial charge < -0.3 is 19.8 Å². The van der Waals surface area contributed by atoms with Crippen molar-refractivity contribution >= 4 is 5.78 Å². The first kappa shape index (κ1) is 29.5. The molecule has 1 saturated carbocycles.